The Morgan fingerprint density at radius 2 is 1.83 bits per heavy atom. The summed E-state index contributed by atoms with van der Waals surface area (Å²) in [5, 5.41) is 13.2. The van der Waals surface area contributed by atoms with Crippen molar-refractivity contribution in [2.45, 2.75) is 13.5 Å². The zero-order chi connectivity index (χ0) is 21.3. The molecule has 0 bridgehead atoms. The zero-order valence-electron chi connectivity index (χ0n) is 15.0. The van der Waals surface area contributed by atoms with Gasteiger partial charge >= 0.3 is 5.97 Å². The highest BCUT2D eigenvalue weighted by Crippen LogP contribution is 2.32. The molecule has 0 fully saturated rings. The monoisotopic (exact) mass is 454 g/mol. The Kier molecular flexibility index (Phi) is 6.17. The molecule has 0 aliphatic carbocycles. The number of pyridine rings is 1. The average molecular weight is 456 g/mol. The molecule has 0 aliphatic rings. The lowest BCUT2D eigenvalue weighted by Crippen LogP contribution is -2.22. The van der Waals surface area contributed by atoms with Gasteiger partial charge in [-0.25, -0.2) is 9.18 Å². The number of aromatic nitrogens is 1. The quantitative estimate of drug-likeness (QED) is 0.489. The molecule has 150 valence electrons. The van der Waals surface area contributed by atoms with Crippen LogP contribution in [0.4, 0.5) is 15.9 Å². The summed E-state index contributed by atoms with van der Waals surface area (Å²) < 4.78 is 15.8. The Bertz CT molecular complexity index is 1180. The van der Waals surface area contributed by atoms with Gasteiger partial charge in [0.25, 0.3) is 0 Å². The number of anilines is 2. The molecule has 0 saturated heterocycles. The van der Waals surface area contributed by atoms with Crippen LogP contribution in [0.15, 0.2) is 47.3 Å². The summed E-state index contributed by atoms with van der Waals surface area (Å²) >= 11 is 17.8. The van der Waals surface area contributed by atoms with Gasteiger partial charge in [0.1, 0.15) is 17.2 Å². The lowest BCUT2D eigenvalue weighted by Gasteiger charge is -2.21. The molecule has 0 amide bonds. The number of nitrogens with zero attached hydrogens (tertiary/aromatic N) is 1. The summed E-state index contributed by atoms with van der Waals surface area (Å²) in [6.45, 7) is 2.05. The van der Waals surface area contributed by atoms with Crippen LogP contribution in [0.25, 0.3) is 11.3 Å². The normalized spacial score (nSPS) is 10.8. The molecule has 3 aromatic rings. The molecule has 0 unspecified atom stereocenters. The minimum absolute atomic E-state index is 0.0826. The number of nitrogens with one attached hydrogen (secondary N) is 1. The smallest absolute Gasteiger partial charge is 0.341 e. The molecule has 1 heterocycles. The van der Waals surface area contributed by atoms with Crippen molar-refractivity contribution in [1.82, 2.24) is 4.57 Å². The maximum Gasteiger partial charge on any atom is 0.341 e. The number of carboxylic acid groups (broad SMARTS) is 1. The maximum absolute atomic E-state index is 14.2. The molecule has 2 N–H and O–H groups in total. The third kappa shape index (κ3) is 4.24. The van der Waals surface area contributed by atoms with Crippen LogP contribution in [0.1, 0.15) is 17.3 Å². The zero-order valence-corrected chi connectivity index (χ0v) is 17.2. The van der Waals surface area contributed by atoms with E-state index in [0.717, 1.165) is 12.1 Å². The molecule has 0 aliphatic heterocycles. The Morgan fingerprint density at radius 1 is 1.10 bits per heavy atom. The van der Waals surface area contributed by atoms with Crippen LogP contribution in [-0.4, -0.2) is 15.6 Å². The van der Waals surface area contributed by atoms with Gasteiger partial charge in [0.15, 0.2) is 5.43 Å². The number of carbonyl (C=O) groups is 1. The molecule has 29 heavy (non-hydrogen) atoms. The number of halogens is 4. The van der Waals surface area contributed by atoms with Gasteiger partial charge in [0.05, 0.1) is 21.4 Å². The van der Waals surface area contributed by atoms with Crippen LogP contribution >= 0.6 is 34.8 Å². The summed E-state index contributed by atoms with van der Waals surface area (Å²) in [5.41, 5.74) is -0.564. The molecule has 9 heteroatoms. The predicted molar refractivity (Wildman–Crippen MR) is 113 cm³/mol. The number of rotatable bonds is 5. The highest BCUT2D eigenvalue weighted by atomic mass is 35.5. The number of carboxylic acids is 1. The van der Waals surface area contributed by atoms with Crippen LogP contribution in [-0.2, 0) is 6.54 Å². The van der Waals surface area contributed by atoms with Gasteiger partial charge in [-0.1, -0.05) is 40.9 Å². The molecule has 3 rings (SSSR count). The lowest BCUT2D eigenvalue weighted by atomic mass is 10.0. The fourth-order valence-electron chi connectivity index (χ4n) is 2.96. The molecule has 0 saturated carbocycles. The molecule has 1 aromatic heterocycles. The first kappa shape index (κ1) is 21.2. The topological polar surface area (TPSA) is 71.3 Å². The van der Waals surface area contributed by atoms with E-state index < -0.39 is 22.8 Å². The van der Waals surface area contributed by atoms with E-state index in [-0.39, 0.29) is 38.8 Å². The van der Waals surface area contributed by atoms with E-state index in [1.165, 1.54) is 24.3 Å². The largest absolute Gasteiger partial charge is 0.477 e. The van der Waals surface area contributed by atoms with Gasteiger partial charge < -0.3 is 15.0 Å². The van der Waals surface area contributed by atoms with Gasteiger partial charge in [0.2, 0.25) is 0 Å². The highest BCUT2D eigenvalue weighted by Gasteiger charge is 2.22. The fourth-order valence-corrected chi connectivity index (χ4v) is 3.41. The fraction of sp³-hybridized carbons (Fsp3) is 0.100. The standard InChI is InChI=1S/C20H14Cl3FN2O3/c1-2-26-17(25-15-6-4-11(21)8-14(15)24)9-16(27)18(20(28)29)19(26)10-3-5-12(22)13(23)7-10/h3-9,25H,2H2,1H3,(H,28,29). The molecule has 0 atom stereocenters. The van der Waals surface area contributed by atoms with Crippen LogP contribution in [0, 0.1) is 5.82 Å². The molecule has 0 spiro atoms. The molecule has 2 aromatic carbocycles. The molecular weight excluding hydrogens is 442 g/mol. The van der Waals surface area contributed by atoms with Gasteiger partial charge in [-0.3, -0.25) is 4.79 Å². The summed E-state index contributed by atoms with van der Waals surface area (Å²) in [7, 11) is 0. The Balaban J connectivity index is 2.28. The van der Waals surface area contributed by atoms with Crippen LogP contribution < -0.4 is 10.7 Å². The molecule has 0 radical (unpaired) electrons. The van der Waals surface area contributed by atoms with E-state index in [2.05, 4.69) is 5.32 Å². The number of aromatic carboxylic acids is 1. The minimum atomic E-state index is -1.39. The lowest BCUT2D eigenvalue weighted by molar-refractivity contribution is 0.0695. The highest BCUT2D eigenvalue weighted by molar-refractivity contribution is 6.42. The van der Waals surface area contributed by atoms with Crippen molar-refractivity contribution in [2.75, 3.05) is 5.32 Å². The second-order valence-corrected chi connectivity index (χ2v) is 7.30. The maximum atomic E-state index is 14.2. The van der Waals surface area contributed by atoms with Gasteiger partial charge in [-0.05, 0) is 37.3 Å². The first-order chi connectivity index (χ1) is 13.7. The first-order valence-corrected chi connectivity index (χ1v) is 9.55. The van der Waals surface area contributed by atoms with Crippen molar-refractivity contribution in [3.8, 4) is 11.3 Å². The van der Waals surface area contributed by atoms with Crippen molar-refractivity contribution in [3.63, 3.8) is 0 Å². The van der Waals surface area contributed by atoms with E-state index in [1.807, 2.05) is 0 Å². The summed E-state index contributed by atoms with van der Waals surface area (Å²) in [4.78, 5) is 24.4. The van der Waals surface area contributed by atoms with E-state index in [1.54, 1.807) is 17.6 Å². The van der Waals surface area contributed by atoms with Gasteiger partial charge in [-0.15, -0.1) is 0 Å². The summed E-state index contributed by atoms with van der Waals surface area (Å²) in [5.74, 6) is -1.79. The number of hydrogen-bond donors (Lipinski definition) is 2. The van der Waals surface area contributed by atoms with E-state index in [4.69, 9.17) is 34.8 Å². The van der Waals surface area contributed by atoms with Gasteiger partial charge in [0, 0.05) is 23.2 Å². The van der Waals surface area contributed by atoms with Crippen molar-refractivity contribution in [3.05, 3.63) is 79.1 Å². The number of benzene rings is 2. The van der Waals surface area contributed by atoms with Crippen molar-refractivity contribution in [1.29, 1.82) is 0 Å². The Hall–Kier alpha value is -2.54. The van der Waals surface area contributed by atoms with Crippen molar-refractivity contribution < 1.29 is 14.3 Å². The summed E-state index contributed by atoms with van der Waals surface area (Å²) in [6, 6.07) is 9.71. The molecule has 5 nitrogen and oxygen atoms in total. The van der Waals surface area contributed by atoms with Crippen LogP contribution in [0.2, 0.25) is 15.1 Å². The minimum Gasteiger partial charge on any atom is -0.477 e. The SMILES string of the molecule is CCn1c(Nc2ccc(Cl)cc2F)cc(=O)c(C(=O)O)c1-c1ccc(Cl)c(Cl)c1. The van der Waals surface area contributed by atoms with Crippen LogP contribution in [0.5, 0.6) is 0 Å². The average Bonchev–Trinajstić information content (AvgIpc) is 2.65. The first-order valence-electron chi connectivity index (χ1n) is 8.41. The second kappa shape index (κ2) is 8.45. The van der Waals surface area contributed by atoms with E-state index in [9.17, 15) is 19.1 Å². The van der Waals surface area contributed by atoms with E-state index in [0.29, 0.717) is 5.56 Å². The Labute approximate surface area is 180 Å². The van der Waals surface area contributed by atoms with Crippen LogP contribution in [0.3, 0.4) is 0 Å². The summed E-state index contributed by atoms with van der Waals surface area (Å²) in [6.07, 6.45) is 0. The van der Waals surface area contributed by atoms with E-state index >= 15 is 0 Å². The number of hydrogen-bond acceptors (Lipinski definition) is 3. The third-order valence-electron chi connectivity index (χ3n) is 4.23. The Morgan fingerprint density at radius 3 is 2.41 bits per heavy atom. The second-order valence-electron chi connectivity index (χ2n) is 6.04. The van der Waals surface area contributed by atoms with Crippen molar-refractivity contribution >= 4 is 52.3 Å². The van der Waals surface area contributed by atoms with Gasteiger partial charge in [-0.2, -0.15) is 0 Å². The molecular formula is C20H14Cl3FN2O3. The predicted octanol–water partition coefficient (Wildman–Crippen LogP) is 6.08. The third-order valence-corrected chi connectivity index (χ3v) is 5.20. The van der Waals surface area contributed by atoms with Crippen molar-refractivity contribution in [2.24, 2.45) is 0 Å².